The van der Waals surface area contributed by atoms with E-state index in [4.69, 9.17) is 56.4 Å². The first kappa shape index (κ1) is 36.6. The van der Waals surface area contributed by atoms with Gasteiger partial charge in [0, 0.05) is 37.4 Å². The molecule has 0 aliphatic rings. The molecule has 3 heterocycles. The van der Waals surface area contributed by atoms with E-state index in [0.717, 1.165) is 11.1 Å². The number of pyridine rings is 2. The molecule has 236 valence electrons. The minimum absolute atomic E-state index is 0.139. The summed E-state index contributed by atoms with van der Waals surface area (Å²) >= 11 is 25.1. The van der Waals surface area contributed by atoms with Crippen LogP contribution in [0.1, 0.15) is 18.1 Å². The number of hydrogen-bond donors (Lipinski definition) is 0. The van der Waals surface area contributed by atoms with Crippen LogP contribution in [0, 0.1) is 11.3 Å². The summed E-state index contributed by atoms with van der Waals surface area (Å²) < 4.78 is 6.34. The monoisotopic (exact) mass is 713 g/mol. The highest BCUT2D eigenvalue weighted by Gasteiger charge is 2.18. The van der Waals surface area contributed by atoms with Crippen LogP contribution in [0.4, 0.5) is 0 Å². The number of carbonyl (C=O) groups excluding carboxylic acids is 1. The SMILES string of the molecule is CCOC(=O)Cc1ccc(Cl)c(Cl)c1.CSc1nc(-c2ccncc2)c(-c2ccc(Cl)c(Cl)c2)c(=O)n1C.N#Cc1ccncc1. The third-order valence-corrected chi connectivity index (χ3v) is 8.25. The summed E-state index contributed by atoms with van der Waals surface area (Å²) in [6.07, 6.45) is 8.65. The largest absolute Gasteiger partial charge is 0.466 e. The van der Waals surface area contributed by atoms with Crippen molar-refractivity contribution in [3.63, 3.8) is 0 Å². The molecule has 0 fully saturated rings. The van der Waals surface area contributed by atoms with Crippen LogP contribution in [0.3, 0.4) is 0 Å². The first-order valence-electron chi connectivity index (χ1n) is 13.5. The van der Waals surface area contributed by atoms with Gasteiger partial charge in [0.1, 0.15) is 0 Å². The molecule has 0 aliphatic carbocycles. The van der Waals surface area contributed by atoms with E-state index in [0.29, 0.717) is 54.2 Å². The molecular weight excluding hydrogens is 688 g/mol. The predicted molar refractivity (Wildman–Crippen MR) is 186 cm³/mol. The topological polar surface area (TPSA) is 111 Å². The van der Waals surface area contributed by atoms with Crippen LogP contribution in [0.15, 0.2) is 95.4 Å². The molecule has 8 nitrogen and oxygen atoms in total. The molecule has 0 saturated heterocycles. The second-order valence-corrected chi connectivity index (χ2v) is 11.5. The van der Waals surface area contributed by atoms with Gasteiger partial charge in [0.25, 0.3) is 5.56 Å². The number of nitriles is 1. The standard InChI is InChI=1S/C17H13Cl2N3OS.C10H10Cl2O2.C6H4N2/c1-22-16(23)14(11-3-4-12(18)13(19)9-11)15(21-17(22)24-2)10-5-7-20-8-6-10;1-2-14-10(13)6-7-3-4-8(11)9(12)5-7;7-5-6-1-3-8-4-2-6/h3-9H,1-2H3;3-5H,2,6H2,1H3;1-4H. The van der Waals surface area contributed by atoms with Crippen molar-refractivity contribution in [1.82, 2.24) is 19.5 Å². The Morgan fingerprint density at radius 3 is 1.98 bits per heavy atom. The Kier molecular flexibility index (Phi) is 14.5. The quantitative estimate of drug-likeness (QED) is 0.0977. The maximum absolute atomic E-state index is 13.0. The zero-order valence-electron chi connectivity index (χ0n) is 24.9. The number of halogens is 4. The summed E-state index contributed by atoms with van der Waals surface area (Å²) in [6.45, 7) is 2.16. The van der Waals surface area contributed by atoms with Gasteiger partial charge in [-0.1, -0.05) is 70.3 Å². The lowest BCUT2D eigenvalue weighted by Crippen LogP contribution is -2.22. The molecule has 5 aromatic rings. The fraction of sp³-hybridized carbons (Fsp3) is 0.152. The van der Waals surface area contributed by atoms with E-state index in [1.807, 2.05) is 24.5 Å². The molecule has 0 radical (unpaired) electrons. The van der Waals surface area contributed by atoms with Gasteiger partial charge in [-0.15, -0.1) is 0 Å². The van der Waals surface area contributed by atoms with Gasteiger partial charge in [0.15, 0.2) is 5.16 Å². The summed E-state index contributed by atoms with van der Waals surface area (Å²) in [5, 5.41) is 10.7. The lowest BCUT2D eigenvalue weighted by atomic mass is 10.0. The lowest BCUT2D eigenvalue weighted by Gasteiger charge is -2.14. The highest BCUT2D eigenvalue weighted by atomic mass is 35.5. The second kappa shape index (κ2) is 18.3. The molecule has 0 bridgehead atoms. The summed E-state index contributed by atoms with van der Waals surface area (Å²) in [5.74, 6) is -0.258. The zero-order valence-corrected chi connectivity index (χ0v) is 28.7. The van der Waals surface area contributed by atoms with Crippen molar-refractivity contribution in [2.24, 2.45) is 7.05 Å². The van der Waals surface area contributed by atoms with Gasteiger partial charge < -0.3 is 4.74 Å². The Labute approximate surface area is 290 Å². The molecular formula is C33H27Cl4N5O3S. The number of thioether (sulfide) groups is 1. The number of carbonyl (C=O) groups is 1. The number of rotatable bonds is 6. The Balaban J connectivity index is 0.000000220. The van der Waals surface area contributed by atoms with Crippen molar-refractivity contribution < 1.29 is 9.53 Å². The van der Waals surface area contributed by atoms with Crippen molar-refractivity contribution in [3.05, 3.63) is 127 Å². The normalized spacial score (nSPS) is 10.0. The molecule has 46 heavy (non-hydrogen) atoms. The zero-order chi connectivity index (χ0) is 33.6. The van der Waals surface area contributed by atoms with E-state index in [1.165, 1.54) is 16.3 Å². The predicted octanol–water partition coefficient (Wildman–Crippen LogP) is 8.59. The molecule has 2 aromatic carbocycles. The lowest BCUT2D eigenvalue weighted by molar-refractivity contribution is -0.142. The summed E-state index contributed by atoms with van der Waals surface area (Å²) in [7, 11) is 1.71. The van der Waals surface area contributed by atoms with E-state index in [9.17, 15) is 9.59 Å². The van der Waals surface area contributed by atoms with Crippen LogP contribution in [-0.4, -0.2) is 38.4 Å². The molecule has 0 amide bonds. The molecule has 3 aromatic heterocycles. The third kappa shape index (κ3) is 10.3. The Bertz CT molecular complexity index is 1890. The van der Waals surface area contributed by atoms with Crippen LogP contribution in [0.25, 0.3) is 22.4 Å². The molecule has 0 spiro atoms. The highest BCUT2D eigenvalue weighted by molar-refractivity contribution is 7.98. The summed E-state index contributed by atoms with van der Waals surface area (Å²) in [5.41, 5.74) is 3.90. The molecule has 0 aliphatic heterocycles. The van der Waals surface area contributed by atoms with Gasteiger partial charge in [0.05, 0.1) is 56.0 Å². The summed E-state index contributed by atoms with van der Waals surface area (Å²) in [4.78, 5) is 36.5. The van der Waals surface area contributed by atoms with Gasteiger partial charge in [-0.05, 0) is 72.8 Å². The molecule has 0 N–H and O–H groups in total. The van der Waals surface area contributed by atoms with Crippen molar-refractivity contribution in [3.8, 4) is 28.5 Å². The van der Waals surface area contributed by atoms with E-state index in [-0.39, 0.29) is 17.9 Å². The van der Waals surface area contributed by atoms with Crippen molar-refractivity contribution in [2.75, 3.05) is 12.9 Å². The van der Waals surface area contributed by atoms with Gasteiger partial charge in [-0.25, -0.2) is 4.98 Å². The van der Waals surface area contributed by atoms with Gasteiger partial charge in [0.2, 0.25) is 0 Å². The van der Waals surface area contributed by atoms with E-state index < -0.39 is 0 Å². The van der Waals surface area contributed by atoms with Gasteiger partial charge >= 0.3 is 5.97 Å². The highest BCUT2D eigenvalue weighted by Crippen LogP contribution is 2.33. The minimum atomic E-state index is -0.258. The maximum Gasteiger partial charge on any atom is 0.310 e. The Morgan fingerprint density at radius 1 is 0.870 bits per heavy atom. The van der Waals surface area contributed by atoms with Crippen molar-refractivity contribution in [2.45, 2.75) is 18.5 Å². The number of benzene rings is 2. The fourth-order valence-electron chi connectivity index (χ4n) is 3.85. The van der Waals surface area contributed by atoms with Gasteiger partial charge in [-0.2, -0.15) is 5.26 Å². The molecule has 13 heteroatoms. The Morgan fingerprint density at radius 2 is 1.46 bits per heavy atom. The smallest absolute Gasteiger partial charge is 0.310 e. The van der Waals surface area contributed by atoms with Gasteiger partial charge in [-0.3, -0.25) is 24.1 Å². The van der Waals surface area contributed by atoms with Crippen LogP contribution >= 0.6 is 58.2 Å². The molecule has 5 rings (SSSR count). The first-order chi connectivity index (χ1) is 22.1. The Hall–Kier alpha value is -3.91. The fourth-order valence-corrected chi connectivity index (χ4v) is 5.01. The minimum Gasteiger partial charge on any atom is -0.466 e. The third-order valence-electron chi connectivity index (χ3n) is 6.04. The van der Waals surface area contributed by atoms with E-state index in [2.05, 4.69) is 15.0 Å². The molecule has 0 unspecified atom stereocenters. The van der Waals surface area contributed by atoms with Crippen LogP contribution in [0.2, 0.25) is 20.1 Å². The number of ether oxygens (including phenoxy) is 1. The second-order valence-electron chi connectivity index (χ2n) is 9.13. The number of aromatic nitrogens is 4. The van der Waals surface area contributed by atoms with Crippen LogP contribution in [-0.2, 0) is 23.0 Å². The maximum atomic E-state index is 13.0. The van der Waals surface area contributed by atoms with Crippen LogP contribution < -0.4 is 5.56 Å². The van der Waals surface area contributed by atoms with Crippen molar-refractivity contribution >= 4 is 64.1 Å². The summed E-state index contributed by atoms with van der Waals surface area (Å²) in [6, 6.07) is 19.2. The average Bonchev–Trinajstić information content (AvgIpc) is 3.07. The van der Waals surface area contributed by atoms with E-state index in [1.54, 1.807) is 87.3 Å². The van der Waals surface area contributed by atoms with Crippen LogP contribution in [0.5, 0.6) is 0 Å². The first-order valence-corrected chi connectivity index (χ1v) is 16.2. The van der Waals surface area contributed by atoms with E-state index >= 15 is 0 Å². The number of hydrogen-bond acceptors (Lipinski definition) is 8. The number of esters is 1. The van der Waals surface area contributed by atoms with Crippen molar-refractivity contribution in [1.29, 1.82) is 5.26 Å². The molecule has 0 atom stereocenters. The number of nitrogens with zero attached hydrogens (tertiary/aromatic N) is 5. The molecule has 0 saturated carbocycles. The average molecular weight is 715 g/mol.